The summed E-state index contributed by atoms with van der Waals surface area (Å²) < 4.78 is 11.2. The molecule has 0 saturated heterocycles. The Morgan fingerprint density at radius 1 is 1.04 bits per heavy atom. The molecule has 0 bridgehead atoms. The molecule has 0 spiro atoms. The van der Waals surface area contributed by atoms with Gasteiger partial charge in [-0.3, -0.25) is 0 Å². The first-order valence-electron chi connectivity index (χ1n) is 8.01. The first kappa shape index (κ1) is 19.5. The number of benzene rings is 2. The first-order valence-corrected chi connectivity index (χ1v) is 8.76. The van der Waals surface area contributed by atoms with Crippen molar-refractivity contribution in [2.24, 2.45) is 0 Å². The second-order valence-corrected chi connectivity index (χ2v) is 6.52. The Morgan fingerprint density at radius 3 is 2.50 bits per heavy atom. The quantitative estimate of drug-likeness (QED) is 0.643. The SMILES string of the molecule is COc1cc(-c2nc(N)nc(N)c2C#N)ccc1OCc1ccc(Cl)c(Cl)c1. The summed E-state index contributed by atoms with van der Waals surface area (Å²) >= 11 is 11.9. The van der Waals surface area contributed by atoms with Crippen molar-refractivity contribution < 1.29 is 9.47 Å². The van der Waals surface area contributed by atoms with Crippen LogP contribution >= 0.6 is 23.2 Å². The zero-order chi connectivity index (χ0) is 20.3. The highest BCUT2D eigenvalue weighted by Crippen LogP contribution is 2.34. The summed E-state index contributed by atoms with van der Waals surface area (Å²) in [5.41, 5.74) is 13.3. The number of aromatic nitrogens is 2. The summed E-state index contributed by atoms with van der Waals surface area (Å²) in [6.07, 6.45) is 0. The Hall–Kier alpha value is -3.21. The topological polar surface area (TPSA) is 120 Å². The van der Waals surface area contributed by atoms with E-state index in [4.69, 9.17) is 44.1 Å². The molecule has 142 valence electrons. The maximum absolute atomic E-state index is 9.36. The van der Waals surface area contributed by atoms with Gasteiger partial charge in [-0.05, 0) is 35.9 Å². The third-order valence-corrected chi connectivity index (χ3v) is 4.62. The monoisotopic (exact) mass is 415 g/mol. The largest absolute Gasteiger partial charge is 0.493 e. The summed E-state index contributed by atoms with van der Waals surface area (Å²) in [6, 6.07) is 12.4. The molecule has 0 saturated carbocycles. The van der Waals surface area contributed by atoms with Crippen LogP contribution in [0.1, 0.15) is 11.1 Å². The molecule has 0 aliphatic carbocycles. The van der Waals surface area contributed by atoms with Crippen molar-refractivity contribution in [3.8, 4) is 28.8 Å². The van der Waals surface area contributed by atoms with Gasteiger partial charge in [0.2, 0.25) is 5.95 Å². The second kappa shape index (κ2) is 8.21. The third kappa shape index (κ3) is 4.03. The summed E-state index contributed by atoms with van der Waals surface area (Å²) in [5.74, 6) is 0.956. The van der Waals surface area contributed by atoms with Crippen molar-refractivity contribution in [2.45, 2.75) is 6.61 Å². The Morgan fingerprint density at radius 2 is 1.82 bits per heavy atom. The minimum Gasteiger partial charge on any atom is -0.493 e. The minimum absolute atomic E-state index is 0.0175. The van der Waals surface area contributed by atoms with Crippen molar-refractivity contribution in [3.63, 3.8) is 0 Å². The number of halogens is 2. The molecule has 0 unspecified atom stereocenters. The van der Waals surface area contributed by atoms with Crippen molar-refractivity contribution in [2.75, 3.05) is 18.6 Å². The van der Waals surface area contributed by atoms with Gasteiger partial charge in [0.15, 0.2) is 11.5 Å². The molecule has 28 heavy (non-hydrogen) atoms. The van der Waals surface area contributed by atoms with Crippen molar-refractivity contribution in [3.05, 3.63) is 57.6 Å². The Balaban J connectivity index is 1.91. The van der Waals surface area contributed by atoms with E-state index in [-0.39, 0.29) is 23.9 Å². The molecule has 3 aromatic rings. The van der Waals surface area contributed by atoms with Crippen LogP contribution in [-0.2, 0) is 6.61 Å². The zero-order valence-corrected chi connectivity index (χ0v) is 16.3. The van der Waals surface area contributed by atoms with Crippen LogP contribution in [0, 0.1) is 11.3 Å². The van der Waals surface area contributed by atoms with Gasteiger partial charge < -0.3 is 20.9 Å². The van der Waals surface area contributed by atoms with E-state index in [0.29, 0.717) is 32.8 Å². The van der Waals surface area contributed by atoms with Gasteiger partial charge in [-0.2, -0.15) is 10.2 Å². The van der Waals surface area contributed by atoms with E-state index in [1.807, 2.05) is 12.1 Å². The minimum atomic E-state index is -0.0228. The molecular weight excluding hydrogens is 401 g/mol. The standard InChI is InChI=1S/C19H15Cl2N5O2/c1-27-16-7-11(17-12(8-22)18(23)26-19(24)25-17)3-5-15(16)28-9-10-2-4-13(20)14(21)6-10/h2-7H,9H2,1H3,(H4,23,24,25,26). The van der Waals surface area contributed by atoms with Crippen LogP contribution in [0.3, 0.4) is 0 Å². The summed E-state index contributed by atoms with van der Waals surface area (Å²) in [7, 11) is 1.51. The number of nitrogens with zero attached hydrogens (tertiary/aromatic N) is 3. The average Bonchev–Trinajstić information content (AvgIpc) is 2.68. The average molecular weight is 416 g/mol. The third-order valence-electron chi connectivity index (χ3n) is 3.88. The van der Waals surface area contributed by atoms with Gasteiger partial charge in [0.1, 0.15) is 24.1 Å². The van der Waals surface area contributed by atoms with Gasteiger partial charge in [0, 0.05) is 5.56 Å². The number of nitriles is 1. The van der Waals surface area contributed by atoms with Crippen LogP contribution in [-0.4, -0.2) is 17.1 Å². The predicted molar refractivity (Wildman–Crippen MR) is 108 cm³/mol. The highest BCUT2D eigenvalue weighted by atomic mass is 35.5. The van der Waals surface area contributed by atoms with Gasteiger partial charge in [0.05, 0.1) is 22.8 Å². The number of rotatable bonds is 5. The van der Waals surface area contributed by atoms with Crippen LogP contribution < -0.4 is 20.9 Å². The maximum atomic E-state index is 9.36. The van der Waals surface area contributed by atoms with Gasteiger partial charge in [-0.1, -0.05) is 29.3 Å². The fourth-order valence-electron chi connectivity index (χ4n) is 2.54. The normalized spacial score (nSPS) is 10.4. The zero-order valence-electron chi connectivity index (χ0n) is 14.7. The second-order valence-electron chi connectivity index (χ2n) is 5.71. The van der Waals surface area contributed by atoms with E-state index in [0.717, 1.165) is 5.56 Å². The highest BCUT2D eigenvalue weighted by molar-refractivity contribution is 6.42. The van der Waals surface area contributed by atoms with E-state index < -0.39 is 0 Å². The number of hydrogen-bond donors (Lipinski definition) is 2. The molecule has 3 rings (SSSR count). The van der Waals surface area contributed by atoms with Gasteiger partial charge in [0.25, 0.3) is 0 Å². The molecule has 0 amide bonds. The maximum Gasteiger partial charge on any atom is 0.222 e. The Labute approximate surface area is 171 Å². The number of nitrogens with two attached hydrogens (primary N) is 2. The fourth-order valence-corrected chi connectivity index (χ4v) is 2.86. The lowest BCUT2D eigenvalue weighted by Crippen LogP contribution is -2.05. The molecule has 1 heterocycles. The van der Waals surface area contributed by atoms with E-state index in [2.05, 4.69) is 9.97 Å². The van der Waals surface area contributed by atoms with Crippen LogP contribution in [0.4, 0.5) is 11.8 Å². The van der Waals surface area contributed by atoms with Crippen LogP contribution in [0.5, 0.6) is 11.5 Å². The number of hydrogen-bond acceptors (Lipinski definition) is 7. The molecule has 0 atom stereocenters. The molecule has 0 aliphatic rings. The lowest BCUT2D eigenvalue weighted by atomic mass is 10.1. The molecule has 1 aromatic heterocycles. The number of ether oxygens (including phenoxy) is 2. The lowest BCUT2D eigenvalue weighted by molar-refractivity contribution is 0.284. The van der Waals surface area contributed by atoms with Crippen molar-refractivity contribution in [1.29, 1.82) is 5.26 Å². The van der Waals surface area contributed by atoms with Gasteiger partial charge in [-0.15, -0.1) is 0 Å². The van der Waals surface area contributed by atoms with E-state index in [9.17, 15) is 5.26 Å². The lowest BCUT2D eigenvalue weighted by Gasteiger charge is -2.13. The van der Waals surface area contributed by atoms with E-state index in [1.54, 1.807) is 30.3 Å². The summed E-state index contributed by atoms with van der Waals surface area (Å²) in [4.78, 5) is 7.95. The van der Waals surface area contributed by atoms with E-state index >= 15 is 0 Å². The molecule has 4 N–H and O–H groups in total. The van der Waals surface area contributed by atoms with Gasteiger partial charge >= 0.3 is 0 Å². The predicted octanol–water partition coefficient (Wildman–Crippen LogP) is 4.07. The molecule has 0 aliphatic heterocycles. The Bertz CT molecular complexity index is 1080. The Kier molecular flexibility index (Phi) is 5.73. The van der Waals surface area contributed by atoms with Gasteiger partial charge in [-0.25, -0.2) is 4.98 Å². The highest BCUT2D eigenvalue weighted by Gasteiger charge is 2.16. The van der Waals surface area contributed by atoms with Crippen molar-refractivity contribution in [1.82, 2.24) is 9.97 Å². The smallest absolute Gasteiger partial charge is 0.222 e. The molecule has 0 radical (unpaired) electrons. The van der Waals surface area contributed by atoms with Crippen molar-refractivity contribution >= 4 is 35.0 Å². The van der Waals surface area contributed by atoms with Crippen LogP contribution in [0.2, 0.25) is 10.0 Å². The number of methoxy groups -OCH3 is 1. The van der Waals surface area contributed by atoms with Crippen LogP contribution in [0.15, 0.2) is 36.4 Å². The van der Waals surface area contributed by atoms with Crippen LogP contribution in [0.25, 0.3) is 11.3 Å². The number of anilines is 2. The molecule has 0 fully saturated rings. The molecule has 9 heteroatoms. The molecule has 2 aromatic carbocycles. The molecule has 7 nitrogen and oxygen atoms in total. The summed E-state index contributed by atoms with van der Waals surface area (Å²) in [6.45, 7) is 0.267. The first-order chi connectivity index (χ1) is 13.4. The fraction of sp³-hybridized carbons (Fsp3) is 0.105. The molecular formula is C19H15Cl2N5O2. The summed E-state index contributed by atoms with van der Waals surface area (Å²) in [5, 5.41) is 10.3. The van der Waals surface area contributed by atoms with E-state index in [1.165, 1.54) is 7.11 Å². The number of nitrogen functional groups attached to an aromatic ring is 2.